The number of nitrogens with two attached hydrogens (primary N) is 1. The largest absolute Gasteiger partial charge is 0.502 e. The summed E-state index contributed by atoms with van der Waals surface area (Å²) in [6.45, 7) is 2.34. The van der Waals surface area contributed by atoms with E-state index in [1.54, 1.807) is 25.3 Å². The molecule has 0 spiro atoms. The first-order valence-corrected chi connectivity index (χ1v) is 8.41. The van der Waals surface area contributed by atoms with Gasteiger partial charge in [-0.15, -0.1) is 0 Å². The van der Waals surface area contributed by atoms with E-state index in [0.717, 1.165) is 5.56 Å². The number of hydrogen-bond donors (Lipinski definition) is 3. The third-order valence-electron chi connectivity index (χ3n) is 4.07. The molecule has 146 valence electrons. The first-order chi connectivity index (χ1) is 13.4. The van der Waals surface area contributed by atoms with Crippen molar-refractivity contribution in [1.82, 2.24) is 15.2 Å². The number of hydrogen-bond acceptors (Lipinski definition) is 8. The zero-order valence-corrected chi connectivity index (χ0v) is 15.2. The minimum absolute atomic E-state index is 0.229. The number of aromatic nitrogens is 3. The molecule has 3 rings (SSSR count). The first-order valence-electron chi connectivity index (χ1n) is 8.41. The van der Waals surface area contributed by atoms with Gasteiger partial charge in [-0.1, -0.05) is 6.07 Å². The lowest BCUT2D eigenvalue weighted by Crippen LogP contribution is -2.14. The Balaban J connectivity index is 1.91. The van der Waals surface area contributed by atoms with E-state index in [-0.39, 0.29) is 5.82 Å². The van der Waals surface area contributed by atoms with Crippen molar-refractivity contribution in [2.75, 3.05) is 13.7 Å². The molecule has 0 fully saturated rings. The molecule has 1 unspecified atom stereocenters. The average molecular weight is 385 g/mol. The molecule has 0 saturated heterocycles. The van der Waals surface area contributed by atoms with Crippen LogP contribution in [0, 0.1) is 10.1 Å². The Bertz CT molecular complexity index is 1000. The van der Waals surface area contributed by atoms with Crippen LogP contribution in [0.15, 0.2) is 36.4 Å². The van der Waals surface area contributed by atoms with Crippen LogP contribution in [0.5, 0.6) is 17.2 Å². The number of nitrogens with zero attached hydrogens (tertiary/aromatic N) is 3. The highest BCUT2D eigenvalue weighted by Crippen LogP contribution is 2.32. The number of nitro benzene ring substituents is 1. The first kappa shape index (κ1) is 19.1. The fraction of sp³-hybridized carbons (Fsp3) is 0.222. The van der Waals surface area contributed by atoms with Gasteiger partial charge in [-0.25, -0.2) is 4.98 Å². The topological polar surface area (TPSA) is 149 Å². The summed E-state index contributed by atoms with van der Waals surface area (Å²) in [5.41, 5.74) is 6.97. The zero-order chi connectivity index (χ0) is 20.3. The lowest BCUT2D eigenvalue weighted by Gasteiger charge is -2.14. The number of methoxy groups -OCH3 is 1. The fourth-order valence-corrected chi connectivity index (χ4v) is 2.66. The van der Waals surface area contributed by atoms with Crippen LogP contribution in [-0.4, -0.2) is 38.9 Å². The molecule has 1 atom stereocenters. The van der Waals surface area contributed by atoms with E-state index in [0.29, 0.717) is 29.5 Å². The SMILES string of the molecule is CCOc1cc(C(N)c2nc(-c3ccc(O)c([N+](=O)[O-])c3)n[nH]2)ccc1OC. The van der Waals surface area contributed by atoms with Crippen molar-refractivity contribution in [3.8, 4) is 28.6 Å². The van der Waals surface area contributed by atoms with E-state index < -0.39 is 22.4 Å². The zero-order valence-electron chi connectivity index (χ0n) is 15.2. The minimum Gasteiger partial charge on any atom is -0.502 e. The number of rotatable bonds is 7. The van der Waals surface area contributed by atoms with Gasteiger partial charge >= 0.3 is 5.69 Å². The highest BCUT2D eigenvalue weighted by atomic mass is 16.6. The number of aromatic amines is 1. The summed E-state index contributed by atoms with van der Waals surface area (Å²) in [7, 11) is 1.55. The number of aromatic hydroxyl groups is 1. The Morgan fingerprint density at radius 3 is 2.75 bits per heavy atom. The molecule has 2 aromatic carbocycles. The Hall–Kier alpha value is -3.66. The van der Waals surface area contributed by atoms with Crippen LogP contribution in [0.3, 0.4) is 0 Å². The summed E-state index contributed by atoms with van der Waals surface area (Å²) in [6.07, 6.45) is 0. The predicted octanol–water partition coefficient (Wildman–Crippen LogP) is 2.54. The van der Waals surface area contributed by atoms with E-state index in [2.05, 4.69) is 15.2 Å². The molecule has 0 saturated carbocycles. The van der Waals surface area contributed by atoms with Gasteiger partial charge < -0.3 is 20.3 Å². The van der Waals surface area contributed by atoms with E-state index >= 15 is 0 Å². The molecule has 0 amide bonds. The normalized spacial score (nSPS) is 11.8. The molecule has 1 heterocycles. The van der Waals surface area contributed by atoms with E-state index in [1.807, 2.05) is 6.92 Å². The Labute approximate surface area is 160 Å². The Morgan fingerprint density at radius 2 is 2.07 bits per heavy atom. The van der Waals surface area contributed by atoms with Crippen molar-refractivity contribution in [1.29, 1.82) is 0 Å². The van der Waals surface area contributed by atoms with Gasteiger partial charge in [0.05, 0.1) is 24.7 Å². The molecule has 0 aliphatic carbocycles. The second-order valence-corrected chi connectivity index (χ2v) is 5.83. The number of nitro groups is 1. The minimum atomic E-state index is -0.676. The third kappa shape index (κ3) is 3.71. The summed E-state index contributed by atoms with van der Waals surface area (Å²) >= 11 is 0. The molecular formula is C18H19N5O5. The highest BCUT2D eigenvalue weighted by Gasteiger charge is 2.19. The van der Waals surface area contributed by atoms with Crippen molar-refractivity contribution in [3.05, 3.63) is 57.9 Å². The average Bonchev–Trinajstić information content (AvgIpc) is 3.18. The molecule has 1 aromatic heterocycles. The fourth-order valence-electron chi connectivity index (χ4n) is 2.66. The summed E-state index contributed by atoms with van der Waals surface area (Å²) in [6, 6.07) is 8.59. The summed E-state index contributed by atoms with van der Waals surface area (Å²) in [4.78, 5) is 14.7. The van der Waals surface area contributed by atoms with E-state index in [9.17, 15) is 15.2 Å². The molecule has 10 heteroatoms. The molecule has 0 aliphatic rings. The van der Waals surface area contributed by atoms with Crippen molar-refractivity contribution in [2.24, 2.45) is 5.73 Å². The smallest absolute Gasteiger partial charge is 0.311 e. The molecule has 0 radical (unpaired) electrons. The van der Waals surface area contributed by atoms with Crippen LogP contribution in [-0.2, 0) is 0 Å². The lowest BCUT2D eigenvalue weighted by molar-refractivity contribution is -0.385. The van der Waals surface area contributed by atoms with Crippen LogP contribution >= 0.6 is 0 Å². The van der Waals surface area contributed by atoms with Gasteiger partial charge in [0.2, 0.25) is 0 Å². The molecular weight excluding hydrogens is 366 g/mol. The number of ether oxygens (including phenoxy) is 2. The molecule has 10 nitrogen and oxygen atoms in total. The van der Waals surface area contributed by atoms with Gasteiger partial charge in [0.25, 0.3) is 0 Å². The van der Waals surface area contributed by atoms with Gasteiger partial charge in [0.15, 0.2) is 23.1 Å². The van der Waals surface area contributed by atoms with E-state index in [1.165, 1.54) is 18.2 Å². The van der Waals surface area contributed by atoms with Crippen molar-refractivity contribution in [3.63, 3.8) is 0 Å². The Morgan fingerprint density at radius 1 is 1.29 bits per heavy atom. The molecule has 28 heavy (non-hydrogen) atoms. The van der Waals surface area contributed by atoms with Crippen molar-refractivity contribution >= 4 is 5.69 Å². The van der Waals surface area contributed by atoms with Crippen LogP contribution in [0.1, 0.15) is 24.4 Å². The lowest BCUT2D eigenvalue weighted by atomic mass is 10.1. The standard InChI is InChI=1S/C18H19N5O5/c1-3-28-15-9-10(5-7-14(15)27-2)16(19)18-20-17(21-22-18)11-4-6-13(24)12(8-11)23(25)26/h4-9,16,24H,3,19H2,1-2H3,(H,20,21,22). The third-order valence-corrected chi connectivity index (χ3v) is 4.07. The summed E-state index contributed by atoms with van der Waals surface area (Å²) in [5.74, 6) is 1.33. The maximum atomic E-state index is 11.0. The molecule has 0 bridgehead atoms. The van der Waals surface area contributed by atoms with Crippen molar-refractivity contribution in [2.45, 2.75) is 13.0 Å². The van der Waals surface area contributed by atoms with Gasteiger partial charge in [-0.2, -0.15) is 5.10 Å². The molecule has 0 aliphatic heterocycles. The van der Waals surface area contributed by atoms with E-state index in [4.69, 9.17) is 15.2 Å². The predicted molar refractivity (Wildman–Crippen MR) is 100 cm³/mol. The highest BCUT2D eigenvalue weighted by molar-refractivity contribution is 5.63. The van der Waals surface area contributed by atoms with Gasteiger partial charge in [-0.05, 0) is 36.8 Å². The summed E-state index contributed by atoms with van der Waals surface area (Å²) in [5, 5.41) is 27.4. The second-order valence-electron chi connectivity index (χ2n) is 5.83. The number of phenols is 1. The molecule has 4 N–H and O–H groups in total. The maximum absolute atomic E-state index is 11.0. The van der Waals surface area contributed by atoms with Gasteiger partial charge in [0, 0.05) is 11.6 Å². The number of benzene rings is 2. The number of phenolic OH excluding ortho intramolecular Hbond substituents is 1. The number of H-pyrrole nitrogens is 1. The number of nitrogens with one attached hydrogen (secondary N) is 1. The quantitative estimate of drug-likeness (QED) is 0.415. The van der Waals surface area contributed by atoms with Crippen LogP contribution < -0.4 is 15.2 Å². The van der Waals surface area contributed by atoms with Crippen LogP contribution in [0.4, 0.5) is 5.69 Å². The second kappa shape index (κ2) is 7.92. The van der Waals surface area contributed by atoms with Crippen LogP contribution in [0.2, 0.25) is 0 Å². The van der Waals surface area contributed by atoms with Crippen molar-refractivity contribution < 1.29 is 19.5 Å². The van der Waals surface area contributed by atoms with Crippen LogP contribution in [0.25, 0.3) is 11.4 Å². The summed E-state index contributed by atoms with van der Waals surface area (Å²) < 4.78 is 10.8. The Kier molecular flexibility index (Phi) is 5.41. The van der Waals surface area contributed by atoms with Gasteiger partial charge in [0.1, 0.15) is 5.82 Å². The maximum Gasteiger partial charge on any atom is 0.311 e. The van der Waals surface area contributed by atoms with Gasteiger partial charge in [-0.3, -0.25) is 15.2 Å². The molecule has 3 aromatic rings. The monoisotopic (exact) mass is 385 g/mol.